The van der Waals surface area contributed by atoms with Crippen molar-refractivity contribution in [3.8, 4) is 0 Å². The molecule has 0 radical (unpaired) electrons. The van der Waals surface area contributed by atoms with Gasteiger partial charge < -0.3 is 15.2 Å². The Hall–Kier alpha value is -1.83. The first-order chi connectivity index (χ1) is 13.1. The first kappa shape index (κ1) is 24.2. The van der Waals surface area contributed by atoms with Gasteiger partial charge in [-0.2, -0.15) is 0 Å². The molecule has 0 aliphatic rings. The maximum Gasteiger partial charge on any atom is 0.250 e. The maximum absolute atomic E-state index is 11.9. The topological polar surface area (TPSA) is 58.4 Å². The van der Waals surface area contributed by atoms with Gasteiger partial charge in [0.05, 0.1) is 0 Å². The van der Waals surface area contributed by atoms with Crippen molar-refractivity contribution in [2.45, 2.75) is 46.1 Å². The zero-order chi connectivity index (χ0) is 19.5. The molecule has 1 atom stereocenters. The number of nitrogens with zero attached hydrogens (tertiary/aromatic N) is 2. The fourth-order valence-electron chi connectivity index (χ4n) is 2.97. The first-order valence-electron chi connectivity index (χ1n) is 9.85. The van der Waals surface area contributed by atoms with Crippen LogP contribution >= 0.6 is 24.0 Å². The third kappa shape index (κ3) is 8.04. The normalized spacial score (nSPS) is 12.2. The molecule has 154 valence electrons. The van der Waals surface area contributed by atoms with E-state index in [0.717, 1.165) is 50.7 Å². The molecular weight excluding hydrogens is 463 g/mol. The molecule has 1 aromatic heterocycles. The zero-order valence-electron chi connectivity index (χ0n) is 17.1. The fourth-order valence-corrected chi connectivity index (χ4v) is 2.97. The van der Waals surface area contributed by atoms with E-state index in [1.165, 1.54) is 5.56 Å². The van der Waals surface area contributed by atoms with Crippen molar-refractivity contribution < 1.29 is 0 Å². The fraction of sp³-hybridized carbons (Fsp3) is 0.455. The number of benzene rings is 1. The number of pyridine rings is 1. The minimum absolute atomic E-state index is 0. The minimum Gasteiger partial charge on any atom is -0.357 e. The van der Waals surface area contributed by atoms with Crippen LogP contribution in [-0.2, 0) is 6.54 Å². The molecule has 2 rings (SSSR count). The van der Waals surface area contributed by atoms with Crippen LogP contribution in [-0.4, -0.2) is 30.2 Å². The highest BCUT2D eigenvalue weighted by Crippen LogP contribution is 2.14. The maximum atomic E-state index is 11.9. The third-order valence-electron chi connectivity index (χ3n) is 4.61. The van der Waals surface area contributed by atoms with Gasteiger partial charge in [-0.15, -0.1) is 24.0 Å². The SMILES string of the molecule is CCNC(=NCC(C)c1ccccc1)NCCCCn1c(C)cccc1=O.I. The molecule has 2 aromatic rings. The lowest BCUT2D eigenvalue weighted by atomic mass is 10.0. The van der Waals surface area contributed by atoms with Gasteiger partial charge in [-0.3, -0.25) is 9.79 Å². The molecule has 1 heterocycles. The number of hydrogen-bond acceptors (Lipinski definition) is 2. The average Bonchev–Trinajstić information content (AvgIpc) is 2.68. The van der Waals surface area contributed by atoms with Gasteiger partial charge in [0.1, 0.15) is 0 Å². The molecular formula is C22H33IN4O. The van der Waals surface area contributed by atoms with Crippen LogP contribution in [0.2, 0.25) is 0 Å². The molecule has 0 aliphatic carbocycles. The van der Waals surface area contributed by atoms with E-state index in [-0.39, 0.29) is 29.5 Å². The number of hydrogen-bond donors (Lipinski definition) is 2. The van der Waals surface area contributed by atoms with E-state index in [0.29, 0.717) is 5.92 Å². The molecule has 0 amide bonds. The largest absolute Gasteiger partial charge is 0.357 e. The summed E-state index contributed by atoms with van der Waals surface area (Å²) in [4.78, 5) is 16.6. The summed E-state index contributed by atoms with van der Waals surface area (Å²) >= 11 is 0. The Morgan fingerprint density at radius 3 is 2.50 bits per heavy atom. The summed E-state index contributed by atoms with van der Waals surface area (Å²) in [6, 6.07) is 15.9. The third-order valence-corrected chi connectivity index (χ3v) is 4.61. The van der Waals surface area contributed by atoms with Crippen LogP contribution in [0, 0.1) is 6.92 Å². The Balaban J connectivity index is 0.00000392. The van der Waals surface area contributed by atoms with Gasteiger partial charge in [0.15, 0.2) is 5.96 Å². The molecule has 28 heavy (non-hydrogen) atoms. The predicted octanol–water partition coefficient (Wildman–Crippen LogP) is 3.91. The standard InChI is InChI=1S/C22H32N4O.HI/c1-4-23-22(25-17-18(2)20-12-6-5-7-13-20)24-15-8-9-16-26-19(3)11-10-14-21(26)27;/h5-7,10-14,18H,4,8-9,15-17H2,1-3H3,(H2,23,24,25);1H. The Bertz CT molecular complexity index is 774. The van der Waals surface area contributed by atoms with Gasteiger partial charge in [0.25, 0.3) is 5.56 Å². The number of aryl methyl sites for hydroxylation is 1. The number of aliphatic imine (C=N–C) groups is 1. The van der Waals surface area contributed by atoms with Crippen LogP contribution in [0.3, 0.4) is 0 Å². The summed E-state index contributed by atoms with van der Waals surface area (Å²) in [5.74, 6) is 1.24. The molecule has 0 spiro atoms. The van der Waals surface area contributed by atoms with E-state index >= 15 is 0 Å². The number of unbranched alkanes of at least 4 members (excludes halogenated alkanes) is 1. The van der Waals surface area contributed by atoms with Crippen LogP contribution in [0.5, 0.6) is 0 Å². The van der Waals surface area contributed by atoms with E-state index in [2.05, 4.69) is 48.7 Å². The van der Waals surface area contributed by atoms with Crippen LogP contribution in [0.1, 0.15) is 43.9 Å². The van der Waals surface area contributed by atoms with Gasteiger partial charge >= 0.3 is 0 Å². The second kappa shape index (κ2) is 13.4. The lowest BCUT2D eigenvalue weighted by Gasteiger charge is -2.14. The van der Waals surface area contributed by atoms with Crippen molar-refractivity contribution in [1.29, 1.82) is 0 Å². The molecule has 0 fully saturated rings. The average molecular weight is 496 g/mol. The molecule has 0 saturated carbocycles. The predicted molar refractivity (Wildman–Crippen MR) is 129 cm³/mol. The summed E-state index contributed by atoms with van der Waals surface area (Å²) in [5.41, 5.74) is 2.40. The van der Waals surface area contributed by atoms with Crippen molar-refractivity contribution >= 4 is 29.9 Å². The Morgan fingerprint density at radius 1 is 1.07 bits per heavy atom. The van der Waals surface area contributed by atoms with Crippen LogP contribution in [0.15, 0.2) is 58.3 Å². The molecule has 6 heteroatoms. The minimum atomic E-state index is 0. The second-order valence-corrected chi connectivity index (χ2v) is 6.82. The van der Waals surface area contributed by atoms with Crippen LogP contribution < -0.4 is 16.2 Å². The summed E-state index contributed by atoms with van der Waals surface area (Å²) < 4.78 is 1.83. The lowest BCUT2D eigenvalue weighted by molar-refractivity contribution is 0.574. The van der Waals surface area contributed by atoms with Gasteiger partial charge in [-0.1, -0.05) is 43.3 Å². The van der Waals surface area contributed by atoms with Gasteiger partial charge in [-0.05, 0) is 38.3 Å². The van der Waals surface area contributed by atoms with E-state index < -0.39 is 0 Å². The van der Waals surface area contributed by atoms with Gasteiger partial charge in [0.2, 0.25) is 0 Å². The summed E-state index contributed by atoms with van der Waals surface area (Å²) in [6.45, 7) is 9.43. The molecule has 0 aliphatic heterocycles. The molecule has 2 N–H and O–H groups in total. The van der Waals surface area contributed by atoms with E-state index in [9.17, 15) is 4.79 Å². The van der Waals surface area contributed by atoms with E-state index in [4.69, 9.17) is 4.99 Å². The molecule has 1 aromatic carbocycles. The summed E-state index contributed by atoms with van der Waals surface area (Å²) in [5, 5.41) is 6.69. The zero-order valence-corrected chi connectivity index (χ0v) is 19.5. The lowest BCUT2D eigenvalue weighted by Crippen LogP contribution is -2.38. The summed E-state index contributed by atoms with van der Waals surface area (Å²) in [6.07, 6.45) is 1.94. The highest BCUT2D eigenvalue weighted by Gasteiger charge is 2.05. The second-order valence-electron chi connectivity index (χ2n) is 6.82. The Labute approximate surface area is 185 Å². The highest BCUT2D eigenvalue weighted by molar-refractivity contribution is 14.0. The summed E-state index contributed by atoms with van der Waals surface area (Å²) in [7, 11) is 0. The number of guanidine groups is 1. The molecule has 0 bridgehead atoms. The first-order valence-corrected chi connectivity index (χ1v) is 9.85. The smallest absolute Gasteiger partial charge is 0.250 e. The van der Waals surface area contributed by atoms with Crippen molar-refractivity contribution in [2.24, 2.45) is 4.99 Å². The number of halogens is 1. The quantitative estimate of drug-likeness (QED) is 0.240. The highest BCUT2D eigenvalue weighted by atomic mass is 127. The van der Waals surface area contributed by atoms with Crippen molar-refractivity contribution in [3.63, 3.8) is 0 Å². The van der Waals surface area contributed by atoms with E-state index in [1.54, 1.807) is 6.07 Å². The molecule has 0 saturated heterocycles. The van der Waals surface area contributed by atoms with Crippen molar-refractivity contribution in [2.75, 3.05) is 19.6 Å². The monoisotopic (exact) mass is 496 g/mol. The Morgan fingerprint density at radius 2 is 1.82 bits per heavy atom. The van der Waals surface area contributed by atoms with E-state index in [1.807, 2.05) is 29.7 Å². The molecule has 5 nitrogen and oxygen atoms in total. The van der Waals surface area contributed by atoms with Crippen molar-refractivity contribution in [1.82, 2.24) is 15.2 Å². The van der Waals surface area contributed by atoms with Gasteiger partial charge in [0, 0.05) is 43.9 Å². The van der Waals surface area contributed by atoms with Crippen LogP contribution in [0.25, 0.3) is 0 Å². The number of aromatic nitrogens is 1. The Kier molecular flexibility index (Phi) is 11.6. The number of nitrogens with one attached hydrogen (secondary N) is 2. The van der Waals surface area contributed by atoms with Gasteiger partial charge in [-0.25, -0.2) is 0 Å². The van der Waals surface area contributed by atoms with Crippen LogP contribution in [0.4, 0.5) is 0 Å². The number of rotatable bonds is 9. The molecule has 1 unspecified atom stereocenters. The van der Waals surface area contributed by atoms with Crippen molar-refractivity contribution in [3.05, 3.63) is 70.1 Å².